The van der Waals surface area contributed by atoms with Crippen LogP contribution in [0.1, 0.15) is 67.3 Å². The first-order valence-corrected chi connectivity index (χ1v) is 9.92. The molecule has 2 aliphatic rings. The molecule has 0 atom stereocenters. The number of alkyl halides is 1. The Morgan fingerprint density at radius 2 is 1.70 bits per heavy atom. The van der Waals surface area contributed by atoms with Gasteiger partial charge in [-0.25, -0.2) is 0 Å². The van der Waals surface area contributed by atoms with Crippen LogP contribution in [0.3, 0.4) is 0 Å². The number of nitrogens with zero attached hydrogens (tertiary/aromatic N) is 1. The third kappa shape index (κ3) is 3.57. The standard InChI is InChI=1S/C19H26BrNO2/c1-23-18-12-14(10-11-15(18)13-20)19(22)21(16-6-2-3-7-16)17-8-4-5-9-17/h10-12,16-17H,2-9,13H2,1H3. The van der Waals surface area contributed by atoms with E-state index in [0.29, 0.717) is 12.1 Å². The van der Waals surface area contributed by atoms with Crippen LogP contribution in [0.15, 0.2) is 18.2 Å². The normalized spacial score (nSPS) is 19.2. The van der Waals surface area contributed by atoms with E-state index in [2.05, 4.69) is 20.8 Å². The van der Waals surface area contributed by atoms with Crippen LogP contribution in [0, 0.1) is 0 Å². The van der Waals surface area contributed by atoms with Crippen LogP contribution in [0.25, 0.3) is 0 Å². The van der Waals surface area contributed by atoms with E-state index in [1.165, 1.54) is 51.4 Å². The number of methoxy groups -OCH3 is 1. The van der Waals surface area contributed by atoms with Gasteiger partial charge in [-0.15, -0.1) is 0 Å². The molecule has 0 unspecified atom stereocenters. The minimum absolute atomic E-state index is 0.197. The van der Waals surface area contributed by atoms with Crippen LogP contribution in [0.2, 0.25) is 0 Å². The first kappa shape index (κ1) is 16.8. The van der Waals surface area contributed by atoms with Gasteiger partial charge >= 0.3 is 0 Å². The number of benzene rings is 1. The van der Waals surface area contributed by atoms with Crippen LogP contribution < -0.4 is 4.74 Å². The highest BCUT2D eigenvalue weighted by molar-refractivity contribution is 9.08. The average molecular weight is 380 g/mol. The van der Waals surface area contributed by atoms with Crippen molar-refractivity contribution in [1.82, 2.24) is 4.90 Å². The van der Waals surface area contributed by atoms with Crippen molar-refractivity contribution in [1.29, 1.82) is 0 Å². The predicted molar refractivity (Wildman–Crippen MR) is 96.3 cm³/mol. The van der Waals surface area contributed by atoms with Crippen molar-refractivity contribution < 1.29 is 9.53 Å². The van der Waals surface area contributed by atoms with Crippen LogP contribution in [-0.2, 0) is 5.33 Å². The van der Waals surface area contributed by atoms with Crippen molar-refractivity contribution >= 4 is 21.8 Å². The maximum atomic E-state index is 13.2. The van der Waals surface area contributed by atoms with Crippen LogP contribution in [0.5, 0.6) is 5.75 Å². The van der Waals surface area contributed by atoms with E-state index in [0.717, 1.165) is 22.2 Å². The highest BCUT2D eigenvalue weighted by Crippen LogP contribution is 2.33. The Morgan fingerprint density at radius 1 is 1.13 bits per heavy atom. The zero-order valence-corrected chi connectivity index (χ0v) is 15.5. The fourth-order valence-corrected chi connectivity index (χ4v) is 4.59. The number of ether oxygens (including phenoxy) is 1. The topological polar surface area (TPSA) is 29.5 Å². The van der Waals surface area contributed by atoms with Crippen molar-refractivity contribution in [2.75, 3.05) is 7.11 Å². The summed E-state index contributed by atoms with van der Waals surface area (Å²) in [5, 5.41) is 0.736. The number of hydrogen-bond donors (Lipinski definition) is 0. The minimum atomic E-state index is 0.197. The number of halogens is 1. The van der Waals surface area contributed by atoms with Crippen molar-refractivity contribution in [3.8, 4) is 5.75 Å². The molecule has 2 fully saturated rings. The Hall–Kier alpha value is -1.03. The highest BCUT2D eigenvalue weighted by atomic mass is 79.9. The zero-order chi connectivity index (χ0) is 16.2. The summed E-state index contributed by atoms with van der Waals surface area (Å²) in [4.78, 5) is 15.5. The highest BCUT2D eigenvalue weighted by Gasteiger charge is 2.34. The first-order chi connectivity index (χ1) is 11.2. The summed E-state index contributed by atoms with van der Waals surface area (Å²) in [7, 11) is 1.67. The molecule has 23 heavy (non-hydrogen) atoms. The fraction of sp³-hybridized carbons (Fsp3) is 0.632. The molecule has 0 aliphatic heterocycles. The molecule has 2 saturated carbocycles. The maximum absolute atomic E-state index is 13.2. The molecule has 3 rings (SSSR count). The molecule has 0 spiro atoms. The lowest BCUT2D eigenvalue weighted by atomic mass is 10.0. The monoisotopic (exact) mass is 379 g/mol. The molecule has 0 N–H and O–H groups in total. The molecule has 1 amide bonds. The Kier molecular flexibility index (Phi) is 5.62. The zero-order valence-electron chi connectivity index (χ0n) is 13.9. The van der Waals surface area contributed by atoms with Crippen LogP contribution >= 0.6 is 15.9 Å². The van der Waals surface area contributed by atoms with Gasteiger partial charge in [0.2, 0.25) is 0 Å². The maximum Gasteiger partial charge on any atom is 0.254 e. The van der Waals surface area contributed by atoms with E-state index < -0.39 is 0 Å². The van der Waals surface area contributed by atoms with E-state index in [1.54, 1.807) is 7.11 Å². The van der Waals surface area contributed by atoms with E-state index >= 15 is 0 Å². The third-order valence-electron chi connectivity index (χ3n) is 5.35. The molecule has 126 valence electrons. The van der Waals surface area contributed by atoms with Crippen LogP contribution in [-0.4, -0.2) is 30.0 Å². The van der Waals surface area contributed by atoms with Crippen molar-refractivity contribution in [2.24, 2.45) is 0 Å². The quantitative estimate of drug-likeness (QED) is 0.679. The second-order valence-electron chi connectivity index (χ2n) is 6.75. The summed E-state index contributed by atoms with van der Waals surface area (Å²) < 4.78 is 5.46. The molecular formula is C19H26BrNO2. The Morgan fingerprint density at radius 3 is 2.17 bits per heavy atom. The van der Waals surface area contributed by atoms with Crippen molar-refractivity contribution in [3.05, 3.63) is 29.3 Å². The molecule has 0 aromatic heterocycles. The van der Waals surface area contributed by atoms with Gasteiger partial charge < -0.3 is 9.64 Å². The molecular weight excluding hydrogens is 354 g/mol. The summed E-state index contributed by atoms with van der Waals surface area (Å²) in [6.45, 7) is 0. The summed E-state index contributed by atoms with van der Waals surface area (Å²) in [6.07, 6.45) is 9.69. The van der Waals surface area contributed by atoms with Gasteiger partial charge in [0.05, 0.1) is 7.11 Å². The van der Waals surface area contributed by atoms with Gasteiger partial charge in [-0.1, -0.05) is 47.7 Å². The third-order valence-corrected chi connectivity index (χ3v) is 5.95. The molecule has 3 nitrogen and oxygen atoms in total. The summed E-state index contributed by atoms with van der Waals surface area (Å²) in [6, 6.07) is 6.75. The summed E-state index contributed by atoms with van der Waals surface area (Å²) in [5.41, 5.74) is 1.85. The average Bonchev–Trinajstić information content (AvgIpc) is 3.28. The van der Waals surface area contributed by atoms with Gasteiger partial charge in [-0.05, 0) is 37.8 Å². The number of carbonyl (C=O) groups excluding carboxylic acids is 1. The van der Waals surface area contributed by atoms with E-state index in [-0.39, 0.29) is 5.91 Å². The number of carbonyl (C=O) groups is 1. The van der Waals surface area contributed by atoms with Gasteiger partial charge in [0.25, 0.3) is 5.91 Å². The lowest BCUT2D eigenvalue weighted by Gasteiger charge is -2.35. The minimum Gasteiger partial charge on any atom is -0.496 e. The van der Waals surface area contributed by atoms with Gasteiger partial charge in [0.1, 0.15) is 5.75 Å². The number of rotatable bonds is 5. The molecule has 4 heteroatoms. The second kappa shape index (κ2) is 7.69. The van der Waals surface area contributed by atoms with Crippen molar-refractivity contribution in [2.45, 2.75) is 68.8 Å². The number of hydrogen-bond acceptors (Lipinski definition) is 2. The Balaban J connectivity index is 1.87. The first-order valence-electron chi connectivity index (χ1n) is 8.80. The fourth-order valence-electron chi connectivity index (χ4n) is 4.13. The molecule has 0 saturated heterocycles. The molecule has 0 heterocycles. The molecule has 0 bridgehead atoms. The molecule has 1 aromatic carbocycles. The van der Waals surface area contributed by atoms with Gasteiger partial charge in [-0.2, -0.15) is 0 Å². The molecule has 1 aromatic rings. The lowest BCUT2D eigenvalue weighted by molar-refractivity contribution is 0.0580. The predicted octanol–water partition coefficient (Wildman–Crippen LogP) is 4.92. The van der Waals surface area contributed by atoms with Gasteiger partial charge in [-0.3, -0.25) is 4.79 Å². The van der Waals surface area contributed by atoms with E-state index in [4.69, 9.17) is 4.74 Å². The number of amides is 1. The summed E-state index contributed by atoms with van der Waals surface area (Å²) >= 11 is 3.47. The lowest BCUT2D eigenvalue weighted by Crippen LogP contribution is -2.45. The van der Waals surface area contributed by atoms with Crippen molar-refractivity contribution in [3.63, 3.8) is 0 Å². The molecule has 2 aliphatic carbocycles. The SMILES string of the molecule is COc1cc(C(=O)N(C2CCCC2)C2CCCC2)ccc1CBr. The summed E-state index contributed by atoms with van der Waals surface area (Å²) in [5.74, 6) is 0.994. The van der Waals surface area contributed by atoms with E-state index in [9.17, 15) is 4.79 Å². The Bertz CT molecular complexity index is 532. The Labute approximate surface area is 147 Å². The second-order valence-corrected chi connectivity index (χ2v) is 7.31. The van der Waals surface area contributed by atoms with E-state index in [1.807, 2.05) is 18.2 Å². The molecule has 0 radical (unpaired) electrons. The smallest absolute Gasteiger partial charge is 0.254 e. The van der Waals surface area contributed by atoms with Crippen LogP contribution in [0.4, 0.5) is 0 Å². The van der Waals surface area contributed by atoms with Gasteiger partial charge in [0.15, 0.2) is 0 Å². The largest absolute Gasteiger partial charge is 0.496 e. The van der Waals surface area contributed by atoms with Gasteiger partial charge in [0, 0.05) is 28.5 Å².